The standard InChI is InChI=1S/C19H15F2N3O2/c1-26-12-7-5-11(6-8-12)24-10-22-18-14(9-16(25)23-19(18)24)13-3-2-4-15(20)17(13)21/h2-8,10,14H,9H2,1H3,(H,23,25)/t14-/m0/s1. The molecule has 0 fully saturated rings. The zero-order chi connectivity index (χ0) is 18.3. The number of methoxy groups -OCH3 is 1. The van der Waals surface area contributed by atoms with Crippen LogP contribution in [0.25, 0.3) is 5.69 Å². The molecule has 2 heterocycles. The first-order chi connectivity index (χ1) is 12.6. The number of ether oxygens (including phenoxy) is 1. The summed E-state index contributed by atoms with van der Waals surface area (Å²) in [6.07, 6.45) is 1.56. The van der Waals surface area contributed by atoms with Crippen molar-refractivity contribution in [2.75, 3.05) is 12.4 Å². The summed E-state index contributed by atoms with van der Waals surface area (Å²) in [7, 11) is 1.58. The molecule has 0 spiro atoms. The Morgan fingerprint density at radius 2 is 1.96 bits per heavy atom. The van der Waals surface area contributed by atoms with E-state index in [1.54, 1.807) is 30.1 Å². The Morgan fingerprint density at radius 3 is 2.69 bits per heavy atom. The van der Waals surface area contributed by atoms with E-state index in [0.29, 0.717) is 17.3 Å². The summed E-state index contributed by atoms with van der Waals surface area (Å²) in [4.78, 5) is 16.6. The fourth-order valence-corrected chi connectivity index (χ4v) is 3.19. The van der Waals surface area contributed by atoms with Gasteiger partial charge in [0.1, 0.15) is 17.9 Å². The molecule has 7 heteroatoms. The number of imidazole rings is 1. The minimum atomic E-state index is -0.947. The van der Waals surface area contributed by atoms with E-state index >= 15 is 0 Å². The summed E-state index contributed by atoms with van der Waals surface area (Å²) in [6, 6.07) is 11.2. The summed E-state index contributed by atoms with van der Waals surface area (Å²) in [5.41, 5.74) is 1.39. The molecule has 3 aromatic rings. The van der Waals surface area contributed by atoms with Crippen molar-refractivity contribution in [3.63, 3.8) is 0 Å². The number of hydrogen-bond acceptors (Lipinski definition) is 3. The maximum absolute atomic E-state index is 14.3. The number of benzene rings is 2. The van der Waals surface area contributed by atoms with Crippen molar-refractivity contribution in [2.45, 2.75) is 12.3 Å². The number of carbonyl (C=O) groups is 1. The van der Waals surface area contributed by atoms with Crippen LogP contribution >= 0.6 is 0 Å². The summed E-state index contributed by atoms with van der Waals surface area (Å²) in [5.74, 6) is -1.65. The Morgan fingerprint density at radius 1 is 1.19 bits per heavy atom. The van der Waals surface area contributed by atoms with E-state index in [1.807, 2.05) is 12.1 Å². The van der Waals surface area contributed by atoms with Crippen molar-refractivity contribution in [1.82, 2.24) is 9.55 Å². The highest BCUT2D eigenvalue weighted by molar-refractivity contribution is 5.94. The molecule has 26 heavy (non-hydrogen) atoms. The maximum atomic E-state index is 14.3. The lowest BCUT2D eigenvalue weighted by atomic mass is 9.89. The molecule has 4 rings (SSSR count). The van der Waals surface area contributed by atoms with Gasteiger partial charge in [0.25, 0.3) is 0 Å². The second-order valence-corrected chi connectivity index (χ2v) is 5.99. The van der Waals surface area contributed by atoms with Gasteiger partial charge in [-0.15, -0.1) is 0 Å². The first-order valence-electron chi connectivity index (χ1n) is 8.04. The van der Waals surface area contributed by atoms with E-state index in [-0.39, 0.29) is 17.9 Å². The van der Waals surface area contributed by atoms with Crippen LogP contribution in [0.3, 0.4) is 0 Å². The second-order valence-electron chi connectivity index (χ2n) is 5.99. The number of rotatable bonds is 3. The highest BCUT2D eigenvalue weighted by atomic mass is 19.2. The van der Waals surface area contributed by atoms with E-state index in [1.165, 1.54) is 12.1 Å². The van der Waals surface area contributed by atoms with Gasteiger partial charge < -0.3 is 10.1 Å². The molecule has 0 bridgehead atoms. The average Bonchev–Trinajstić information content (AvgIpc) is 3.07. The lowest BCUT2D eigenvalue weighted by Gasteiger charge is -2.23. The van der Waals surface area contributed by atoms with Crippen molar-refractivity contribution < 1.29 is 18.3 Å². The molecule has 1 aliphatic heterocycles. The Labute approximate surface area is 148 Å². The fraction of sp³-hybridized carbons (Fsp3) is 0.158. The number of aromatic nitrogens is 2. The van der Waals surface area contributed by atoms with Crippen molar-refractivity contribution in [3.05, 3.63) is 71.7 Å². The number of fused-ring (bicyclic) bond motifs is 1. The predicted molar refractivity (Wildman–Crippen MR) is 91.6 cm³/mol. The zero-order valence-corrected chi connectivity index (χ0v) is 13.9. The van der Waals surface area contributed by atoms with Gasteiger partial charge in [-0.2, -0.15) is 0 Å². The monoisotopic (exact) mass is 355 g/mol. The Bertz CT molecular complexity index is 983. The van der Waals surface area contributed by atoms with Gasteiger partial charge in [0.15, 0.2) is 11.6 Å². The fourth-order valence-electron chi connectivity index (χ4n) is 3.19. The smallest absolute Gasteiger partial charge is 0.226 e. The molecule has 0 aliphatic carbocycles. The number of amides is 1. The Kier molecular flexibility index (Phi) is 3.91. The van der Waals surface area contributed by atoms with Crippen LogP contribution in [-0.2, 0) is 4.79 Å². The lowest BCUT2D eigenvalue weighted by Crippen LogP contribution is -2.25. The van der Waals surface area contributed by atoms with Crippen LogP contribution in [-0.4, -0.2) is 22.6 Å². The minimum Gasteiger partial charge on any atom is -0.497 e. The molecule has 1 N–H and O–H groups in total. The Balaban J connectivity index is 1.81. The van der Waals surface area contributed by atoms with Gasteiger partial charge in [-0.25, -0.2) is 13.8 Å². The van der Waals surface area contributed by atoms with E-state index in [9.17, 15) is 13.6 Å². The number of nitrogens with one attached hydrogen (secondary N) is 1. The van der Waals surface area contributed by atoms with Crippen molar-refractivity contribution in [2.24, 2.45) is 0 Å². The number of nitrogens with zero attached hydrogens (tertiary/aromatic N) is 2. The van der Waals surface area contributed by atoms with Gasteiger partial charge in [-0.3, -0.25) is 9.36 Å². The first-order valence-corrected chi connectivity index (χ1v) is 8.04. The largest absolute Gasteiger partial charge is 0.497 e. The zero-order valence-electron chi connectivity index (χ0n) is 13.9. The van der Waals surface area contributed by atoms with E-state index in [4.69, 9.17) is 4.74 Å². The number of halogens is 2. The number of carbonyl (C=O) groups excluding carboxylic acids is 1. The summed E-state index contributed by atoms with van der Waals surface area (Å²) in [6.45, 7) is 0. The molecular weight excluding hydrogens is 340 g/mol. The normalized spacial score (nSPS) is 16.1. The van der Waals surface area contributed by atoms with Gasteiger partial charge in [0.2, 0.25) is 5.91 Å². The summed E-state index contributed by atoms with van der Waals surface area (Å²) < 4.78 is 34.7. The average molecular weight is 355 g/mol. The molecule has 0 radical (unpaired) electrons. The highest BCUT2D eigenvalue weighted by Crippen LogP contribution is 2.38. The van der Waals surface area contributed by atoms with Gasteiger partial charge >= 0.3 is 0 Å². The summed E-state index contributed by atoms with van der Waals surface area (Å²) >= 11 is 0. The number of anilines is 1. The molecular formula is C19H15F2N3O2. The topological polar surface area (TPSA) is 56.1 Å². The molecule has 1 amide bonds. The van der Waals surface area contributed by atoms with Crippen LogP contribution in [0, 0.1) is 11.6 Å². The van der Waals surface area contributed by atoms with Crippen molar-refractivity contribution >= 4 is 11.7 Å². The van der Waals surface area contributed by atoms with Crippen LogP contribution in [0.15, 0.2) is 48.8 Å². The third kappa shape index (κ3) is 2.61. The van der Waals surface area contributed by atoms with Crippen molar-refractivity contribution in [1.29, 1.82) is 0 Å². The Hall–Kier alpha value is -3.22. The van der Waals surface area contributed by atoms with Gasteiger partial charge in [0.05, 0.1) is 12.8 Å². The first kappa shape index (κ1) is 16.3. The van der Waals surface area contributed by atoms with Crippen LogP contribution in [0.1, 0.15) is 23.6 Å². The quantitative estimate of drug-likeness (QED) is 0.781. The molecule has 0 unspecified atom stereocenters. The van der Waals surface area contributed by atoms with Crippen LogP contribution < -0.4 is 10.1 Å². The molecule has 0 saturated carbocycles. The minimum absolute atomic E-state index is 0.00694. The lowest BCUT2D eigenvalue weighted by molar-refractivity contribution is -0.116. The van der Waals surface area contributed by atoms with Crippen LogP contribution in [0.4, 0.5) is 14.6 Å². The van der Waals surface area contributed by atoms with Gasteiger partial charge in [-0.1, -0.05) is 12.1 Å². The predicted octanol–water partition coefficient (Wildman–Crippen LogP) is 3.63. The van der Waals surface area contributed by atoms with Crippen molar-refractivity contribution in [3.8, 4) is 11.4 Å². The SMILES string of the molecule is COc1ccc(-n2cnc3c2NC(=O)C[C@H]3c2cccc(F)c2F)cc1. The third-order valence-corrected chi connectivity index (χ3v) is 4.48. The molecule has 1 atom stereocenters. The highest BCUT2D eigenvalue weighted by Gasteiger charge is 2.33. The molecule has 5 nitrogen and oxygen atoms in total. The summed E-state index contributed by atoms with van der Waals surface area (Å²) in [5, 5.41) is 2.78. The van der Waals surface area contributed by atoms with E-state index in [0.717, 1.165) is 11.8 Å². The van der Waals surface area contributed by atoms with Gasteiger partial charge in [-0.05, 0) is 30.3 Å². The third-order valence-electron chi connectivity index (χ3n) is 4.48. The van der Waals surface area contributed by atoms with E-state index in [2.05, 4.69) is 10.3 Å². The molecule has 2 aromatic carbocycles. The molecule has 0 saturated heterocycles. The molecule has 1 aliphatic rings. The van der Waals surface area contributed by atoms with Crippen LogP contribution in [0.2, 0.25) is 0 Å². The van der Waals surface area contributed by atoms with Crippen LogP contribution in [0.5, 0.6) is 5.75 Å². The molecule has 132 valence electrons. The van der Waals surface area contributed by atoms with E-state index < -0.39 is 17.6 Å². The molecule has 1 aromatic heterocycles. The van der Waals surface area contributed by atoms with Gasteiger partial charge in [0, 0.05) is 23.6 Å². The number of hydrogen-bond donors (Lipinski definition) is 1. The second kappa shape index (κ2) is 6.25. The maximum Gasteiger partial charge on any atom is 0.226 e.